The van der Waals surface area contributed by atoms with Gasteiger partial charge in [-0.15, -0.1) is 0 Å². The number of halogens is 1. The Balaban J connectivity index is 1.83. The summed E-state index contributed by atoms with van der Waals surface area (Å²) < 4.78 is 18.0. The van der Waals surface area contributed by atoms with Gasteiger partial charge in [-0.05, 0) is 46.1 Å². The Labute approximate surface area is 201 Å². The van der Waals surface area contributed by atoms with E-state index in [0.717, 1.165) is 26.7 Å². The van der Waals surface area contributed by atoms with Crippen molar-refractivity contribution in [3.05, 3.63) is 88.4 Å². The molecule has 0 spiro atoms. The van der Waals surface area contributed by atoms with Crippen LogP contribution in [0.15, 0.2) is 86.7 Å². The SMILES string of the molecule is CCOc1cc(C=Nc2oc(-c3ccccc3)c(-c3ccccc3)c2C#N)cc(Br)c1OC. The molecule has 0 bridgehead atoms. The maximum atomic E-state index is 10.0. The van der Waals surface area contributed by atoms with Gasteiger partial charge in [0, 0.05) is 17.3 Å². The minimum Gasteiger partial charge on any atom is -0.492 e. The van der Waals surface area contributed by atoms with Crippen molar-refractivity contribution in [2.24, 2.45) is 4.99 Å². The van der Waals surface area contributed by atoms with Crippen molar-refractivity contribution in [1.82, 2.24) is 0 Å². The highest BCUT2D eigenvalue weighted by atomic mass is 79.9. The fourth-order valence-electron chi connectivity index (χ4n) is 3.54. The van der Waals surface area contributed by atoms with Crippen LogP contribution in [0, 0.1) is 11.3 Å². The van der Waals surface area contributed by atoms with Crippen LogP contribution in [0.1, 0.15) is 18.1 Å². The van der Waals surface area contributed by atoms with Crippen molar-refractivity contribution in [1.29, 1.82) is 5.26 Å². The monoisotopic (exact) mass is 500 g/mol. The molecular formula is C27H21BrN2O3. The molecule has 0 N–H and O–H groups in total. The van der Waals surface area contributed by atoms with E-state index in [4.69, 9.17) is 13.9 Å². The standard InChI is InChI=1S/C27H21BrN2O3/c1-3-32-23-15-18(14-22(28)26(23)31-2)17-30-27-21(16-29)24(19-10-6-4-7-11-19)25(33-27)20-12-8-5-9-13-20/h4-15,17H,3H2,1-2H3. The number of methoxy groups -OCH3 is 1. The van der Waals surface area contributed by atoms with E-state index in [1.54, 1.807) is 13.3 Å². The first kappa shape index (κ1) is 22.4. The van der Waals surface area contributed by atoms with Gasteiger partial charge in [-0.25, -0.2) is 4.99 Å². The fraction of sp³-hybridized carbons (Fsp3) is 0.111. The molecule has 0 aliphatic carbocycles. The molecule has 5 nitrogen and oxygen atoms in total. The summed E-state index contributed by atoms with van der Waals surface area (Å²) in [5, 5.41) is 10.0. The second-order valence-electron chi connectivity index (χ2n) is 7.06. The number of furan rings is 1. The molecule has 164 valence electrons. The van der Waals surface area contributed by atoms with Gasteiger partial charge < -0.3 is 13.9 Å². The highest BCUT2D eigenvalue weighted by Crippen LogP contribution is 2.42. The summed E-state index contributed by atoms with van der Waals surface area (Å²) in [4.78, 5) is 4.55. The molecule has 0 unspecified atom stereocenters. The molecule has 0 saturated heterocycles. The first-order valence-corrected chi connectivity index (χ1v) is 11.2. The van der Waals surface area contributed by atoms with E-state index in [0.29, 0.717) is 29.4 Å². The van der Waals surface area contributed by atoms with E-state index in [1.165, 1.54) is 0 Å². The van der Waals surface area contributed by atoms with Crippen molar-refractivity contribution in [3.63, 3.8) is 0 Å². The van der Waals surface area contributed by atoms with Crippen molar-refractivity contribution >= 4 is 28.0 Å². The number of rotatable bonds is 7. The van der Waals surface area contributed by atoms with E-state index in [-0.39, 0.29) is 5.88 Å². The van der Waals surface area contributed by atoms with Gasteiger partial charge in [-0.1, -0.05) is 60.7 Å². The Bertz CT molecular complexity index is 1320. The summed E-state index contributed by atoms with van der Waals surface area (Å²) >= 11 is 3.52. The minimum absolute atomic E-state index is 0.250. The molecule has 0 amide bonds. The normalized spacial score (nSPS) is 10.8. The van der Waals surface area contributed by atoms with Crippen LogP contribution in [0.2, 0.25) is 0 Å². The smallest absolute Gasteiger partial charge is 0.238 e. The number of nitriles is 1. The lowest BCUT2D eigenvalue weighted by atomic mass is 9.98. The quantitative estimate of drug-likeness (QED) is 0.248. The number of hydrogen-bond acceptors (Lipinski definition) is 5. The van der Waals surface area contributed by atoms with Gasteiger partial charge in [0.15, 0.2) is 11.5 Å². The average molecular weight is 501 g/mol. The Morgan fingerprint density at radius 3 is 2.30 bits per heavy atom. The van der Waals surface area contributed by atoms with Crippen LogP contribution in [0.4, 0.5) is 5.88 Å². The summed E-state index contributed by atoms with van der Waals surface area (Å²) in [6.45, 7) is 2.41. The third kappa shape index (κ3) is 4.69. The molecule has 4 rings (SSSR count). The number of ether oxygens (including phenoxy) is 2. The van der Waals surface area contributed by atoms with Crippen LogP contribution in [0.5, 0.6) is 11.5 Å². The molecule has 3 aromatic carbocycles. The zero-order chi connectivity index (χ0) is 23.2. The zero-order valence-electron chi connectivity index (χ0n) is 18.2. The Kier molecular flexibility index (Phi) is 6.92. The van der Waals surface area contributed by atoms with Crippen LogP contribution >= 0.6 is 15.9 Å². The summed E-state index contributed by atoms with van der Waals surface area (Å²) in [5.41, 5.74) is 3.65. The number of aliphatic imine (C=N–C) groups is 1. The number of hydrogen-bond donors (Lipinski definition) is 0. The van der Waals surface area contributed by atoms with Crippen LogP contribution in [0.25, 0.3) is 22.5 Å². The third-order valence-corrected chi connectivity index (χ3v) is 5.56. The van der Waals surface area contributed by atoms with Gasteiger partial charge in [0.05, 0.1) is 18.2 Å². The molecule has 33 heavy (non-hydrogen) atoms. The van der Waals surface area contributed by atoms with Crippen LogP contribution in [-0.4, -0.2) is 19.9 Å². The van der Waals surface area contributed by atoms with E-state index in [1.807, 2.05) is 79.7 Å². The van der Waals surface area contributed by atoms with Gasteiger partial charge >= 0.3 is 0 Å². The van der Waals surface area contributed by atoms with Crippen molar-refractivity contribution in [2.75, 3.05) is 13.7 Å². The first-order valence-electron chi connectivity index (χ1n) is 10.4. The van der Waals surface area contributed by atoms with Gasteiger partial charge in [-0.3, -0.25) is 0 Å². The largest absolute Gasteiger partial charge is 0.492 e. The lowest BCUT2D eigenvalue weighted by Crippen LogP contribution is -1.97. The molecule has 4 aromatic rings. The van der Waals surface area contributed by atoms with E-state index < -0.39 is 0 Å². The highest BCUT2D eigenvalue weighted by Gasteiger charge is 2.22. The second kappa shape index (κ2) is 10.2. The lowest BCUT2D eigenvalue weighted by Gasteiger charge is -2.11. The average Bonchev–Trinajstić information content (AvgIpc) is 3.22. The summed E-state index contributed by atoms with van der Waals surface area (Å²) in [7, 11) is 1.59. The zero-order valence-corrected chi connectivity index (χ0v) is 19.8. The van der Waals surface area contributed by atoms with Crippen LogP contribution in [0.3, 0.4) is 0 Å². The molecule has 0 fully saturated rings. The molecule has 1 aromatic heterocycles. The molecule has 6 heteroatoms. The third-order valence-electron chi connectivity index (χ3n) is 4.97. The van der Waals surface area contributed by atoms with Gasteiger partial charge in [-0.2, -0.15) is 5.26 Å². The second-order valence-corrected chi connectivity index (χ2v) is 7.91. The number of nitrogens with zero attached hydrogens (tertiary/aromatic N) is 2. The molecule has 0 radical (unpaired) electrons. The van der Waals surface area contributed by atoms with Crippen LogP contribution in [-0.2, 0) is 0 Å². The van der Waals surface area contributed by atoms with E-state index in [9.17, 15) is 5.26 Å². The molecule has 0 aliphatic rings. The Morgan fingerprint density at radius 2 is 1.70 bits per heavy atom. The van der Waals surface area contributed by atoms with Crippen molar-refractivity contribution in [3.8, 4) is 40.0 Å². The molecule has 0 atom stereocenters. The molecule has 0 saturated carbocycles. The molecular weight excluding hydrogens is 480 g/mol. The van der Waals surface area contributed by atoms with Crippen molar-refractivity contribution < 1.29 is 13.9 Å². The highest BCUT2D eigenvalue weighted by molar-refractivity contribution is 9.10. The van der Waals surface area contributed by atoms with Gasteiger partial charge in [0.25, 0.3) is 0 Å². The maximum absolute atomic E-state index is 10.0. The Morgan fingerprint density at radius 1 is 1.03 bits per heavy atom. The van der Waals surface area contributed by atoms with Crippen LogP contribution < -0.4 is 9.47 Å². The van der Waals surface area contributed by atoms with E-state index >= 15 is 0 Å². The summed E-state index contributed by atoms with van der Waals surface area (Å²) in [5.74, 6) is 2.07. The van der Waals surface area contributed by atoms with Gasteiger partial charge in [0.1, 0.15) is 17.4 Å². The predicted molar refractivity (Wildman–Crippen MR) is 133 cm³/mol. The van der Waals surface area contributed by atoms with Gasteiger partial charge in [0.2, 0.25) is 5.88 Å². The molecule has 0 aliphatic heterocycles. The van der Waals surface area contributed by atoms with Crippen molar-refractivity contribution in [2.45, 2.75) is 6.92 Å². The maximum Gasteiger partial charge on any atom is 0.238 e. The first-order chi connectivity index (χ1) is 16.2. The topological polar surface area (TPSA) is 67.8 Å². The molecule has 1 heterocycles. The van der Waals surface area contributed by atoms with E-state index in [2.05, 4.69) is 27.0 Å². The number of benzene rings is 3. The summed E-state index contributed by atoms with van der Waals surface area (Å²) in [6, 6.07) is 25.4. The summed E-state index contributed by atoms with van der Waals surface area (Å²) in [6.07, 6.45) is 1.65. The minimum atomic E-state index is 0.250. The Hall–Kier alpha value is -3.82. The predicted octanol–water partition coefficient (Wildman–Crippen LogP) is 7.41. The lowest BCUT2D eigenvalue weighted by molar-refractivity contribution is 0.310. The fourth-order valence-corrected chi connectivity index (χ4v) is 4.17.